The highest BCUT2D eigenvalue weighted by Crippen LogP contribution is 2.16. The van der Waals surface area contributed by atoms with Crippen LogP contribution in [-0.2, 0) is 0 Å². The van der Waals surface area contributed by atoms with Gasteiger partial charge < -0.3 is 0 Å². The molecule has 2 radical (unpaired) electrons. The molecule has 0 bridgehead atoms. The summed E-state index contributed by atoms with van der Waals surface area (Å²) < 4.78 is 0. The fraction of sp³-hybridized carbons (Fsp3) is 0. The van der Waals surface area contributed by atoms with Gasteiger partial charge in [0.1, 0.15) is 7.85 Å². The Kier molecular flexibility index (Phi) is 1.55. The molecule has 2 aromatic rings. The van der Waals surface area contributed by atoms with Gasteiger partial charge in [-0.2, -0.15) is 5.10 Å². The van der Waals surface area contributed by atoms with Crippen molar-refractivity contribution in [3.63, 3.8) is 0 Å². The Labute approximate surface area is 74.3 Å². The van der Waals surface area contributed by atoms with Crippen molar-refractivity contribution in [3.05, 3.63) is 28.3 Å². The van der Waals surface area contributed by atoms with Crippen molar-refractivity contribution < 1.29 is 4.92 Å². The van der Waals surface area contributed by atoms with Gasteiger partial charge in [0.15, 0.2) is 0 Å². The molecule has 0 fully saturated rings. The highest BCUT2D eigenvalue weighted by Gasteiger charge is 2.08. The third kappa shape index (κ3) is 1.16. The molecule has 0 saturated heterocycles. The second-order valence-corrected chi connectivity index (χ2v) is 2.60. The van der Waals surface area contributed by atoms with Crippen LogP contribution in [0, 0.1) is 10.1 Å². The Morgan fingerprint density at radius 2 is 2.31 bits per heavy atom. The minimum absolute atomic E-state index is 0.0144. The average Bonchev–Trinajstić information content (AvgIpc) is 2.47. The molecule has 1 N–H and O–H groups in total. The Balaban J connectivity index is 2.72. The summed E-state index contributed by atoms with van der Waals surface area (Å²) in [4.78, 5) is 9.95. The fourth-order valence-electron chi connectivity index (χ4n) is 1.13. The standard InChI is InChI=1S/C7H4BN3O2/c8-7-5-3-4(11(12)13)1-2-6(5)9-10-7/h1-3H,(H,9,10). The number of nitrogens with one attached hydrogen (secondary N) is 1. The van der Waals surface area contributed by atoms with Crippen LogP contribution in [0.4, 0.5) is 5.69 Å². The van der Waals surface area contributed by atoms with Gasteiger partial charge in [-0.25, -0.2) is 0 Å². The lowest BCUT2D eigenvalue weighted by molar-refractivity contribution is -0.384. The van der Waals surface area contributed by atoms with Gasteiger partial charge in [-0.05, 0) is 11.7 Å². The number of fused-ring (bicyclic) bond motifs is 1. The lowest BCUT2D eigenvalue weighted by Crippen LogP contribution is -2.03. The number of benzene rings is 1. The van der Waals surface area contributed by atoms with Gasteiger partial charge in [0.05, 0.1) is 10.4 Å². The van der Waals surface area contributed by atoms with Crippen LogP contribution < -0.4 is 5.59 Å². The van der Waals surface area contributed by atoms with Crippen LogP contribution in [-0.4, -0.2) is 23.0 Å². The van der Waals surface area contributed by atoms with Crippen LogP contribution >= 0.6 is 0 Å². The summed E-state index contributed by atoms with van der Waals surface area (Å²) in [6.45, 7) is 0. The van der Waals surface area contributed by atoms with Gasteiger partial charge >= 0.3 is 0 Å². The van der Waals surface area contributed by atoms with Gasteiger partial charge in [0.25, 0.3) is 5.69 Å². The molecule has 0 aliphatic rings. The zero-order valence-electron chi connectivity index (χ0n) is 6.52. The highest BCUT2D eigenvalue weighted by molar-refractivity contribution is 6.37. The van der Waals surface area contributed by atoms with Gasteiger partial charge in [0, 0.05) is 17.5 Å². The van der Waals surface area contributed by atoms with E-state index in [1.54, 1.807) is 6.07 Å². The number of nitro groups is 1. The van der Waals surface area contributed by atoms with E-state index < -0.39 is 4.92 Å². The molecular weight excluding hydrogens is 169 g/mol. The first kappa shape index (κ1) is 7.79. The van der Waals surface area contributed by atoms with Crippen LogP contribution in [0.3, 0.4) is 0 Å². The zero-order chi connectivity index (χ0) is 9.42. The fourth-order valence-corrected chi connectivity index (χ4v) is 1.13. The van der Waals surface area contributed by atoms with Gasteiger partial charge in [0.2, 0.25) is 0 Å². The number of nitrogens with zero attached hydrogens (tertiary/aromatic N) is 2. The maximum Gasteiger partial charge on any atom is 0.270 e. The minimum Gasteiger partial charge on any atom is -0.292 e. The van der Waals surface area contributed by atoms with E-state index in [2.05, 4.69) is 10.2 Å². The van der Waals surface area contributed by atoms with Crippen LogP contribution in [0.15, 0.2) is 18.2 Å². The molecule has 0 saturated carbocycles. The van der Waals surface area contributed by atoms with Crippen LogP contribution in [0.1, 0.15) is 0 Å². The number of nitro benzene ring substituents is 1. The van der Waals surface area contributed by atoms with Gasteiger partial charge in [-0.3, -0.25) is 15.2 Å². The minimum atomic E-state index is -0.466. The first-order chi connectivity index (χ1) is 6.18. The van der Waals surface area contributed by atoms with E-state index in [0.717, 1.165) is 0 Å². The maximum absolute atomic E-state index is 10.4. The molecule has 6 heteroatoms. The lowest BCUT2D eigenvalue weighted by atomic mass is 10.00. The van der Waals surface area contributed by atoms with Crippen LogP contribution in [0.5, 0.6) is 0 Å². The van der Waals surface area contributed by atoms with Crippen molar-refractivity contribution in [3.8, 4) is 0 Å². The van der Waals surface area contributed by atoms with Gasteiger partial charge in [-0.15, -0.1) is 0 Å². The first-order valence-corrected chi connectivity index (χ1v) is 3.56. The Morgan fingerprint density at radius 3 is 3.00 bits per heavy atom. The summed E-state index contributed by atoms with van der Waals surface area (Å²) in [5.41, 5.74) is 0.988. The molecule has 0 aliphatic heterocycles. The molecular formula is C7H4BN3O2. The normalized spacial score (nSPS) is 10.5. The molecule has 0 atom stereocenters. The summed E-state index contributed by atoms with van der Waals surface area (Å²) in [7, 11) is 5.50. The third-order valence-corrected chi connectivity index (χ3v) is 1.78. The van der Waals surface area contributed by atoms with Crippen molar-refractivity contribution in [1.82, 2.24) is 10.2 Å². The van der Waals surface area contributed by atoms with Crippen molar-refractivity contribution in [2.24, 2.45) is 0 Å². The average molecular weight is 173 g/mol. The van der Waals surface area contributed by atoms with E-state index in [1.807, 2.05) is 0 Å². The van der Waals surface area contributed by atoms with Crippen LogP contribution in [0.25, 0.3) is 10.9 Å². The second-order valence-electron chi connectivity index (χ2n) is 2.60. The summed E-state index contributed by atoms with van der Waals surface area (Å²) in [5.74, 6) is 0. The maximum atomic E-state index is 10.4. The Bertz CT molecular complexity index is 480. The first-order valence-electron chi connectivity index (χ1n) is 3.56. The topological polar surface area (TPSA) is 71.8 Å². The number of H-pyrrole nitrogens is 1. The largest absolute Gasteiger partial charge is 0.292 e. The number of non-ortho nitro benzene ring substituents is 1. The number of hydrogen-bond donors (Lipinski definition) is 1. The SMILES string of the molecule is [B]c1[nH]nc2ccc([N+](=O)[O-])cc12. The molecule has 2 rings (SSSR count). The van der Waals surface area contributed by atoms with E-state index in [0.29, 0.717) is 16.5 Å². The van der Waals surface area contributed by atoms with E-state index in [9.17, 15) is 10.1 Å². The number of rotatable bonds is 1. The van der Waals surface area contributed by atoms with Crippen molar-refractivity contribution in [2.75, 3.05) is 0 Å². The molecule has 1 heterocycles. The second kappa shape index (κ2) is 2.58. The molecule has 5 nitrogen and oxygen atoms in total. The molecule has 0 amide bonds. The van der Waals surface area contributed by atoms with Gasteiger partial charge in [-0.1, -0.05) is 0 Å². The molecule has 0 unspecified atom stereocenters. The number of aromatic nitrogens is 2. The summed E-state index contributed by atoms with van der Waals surface area (Å²) in [6, 6.07) is 4.34. The molecule has 1 aromatic carbocycles. The van der Waals surface area contributed by atoms with Crippen LogP contribution in [0.2, 0.25) is 0 Å². The monoisotopic (exact) mass is 173 g/mol. The quantitative estimate of drug-likeness (QED) is 0.382. The van der Waals surface area contributed by atoms with Crippen molar-refractivity contribution >= 4 is 30.0 Å². The zero-order valence-corrected chi connectivity index (χ0v) is 6.52. The van der Waals surface area contributed by atoms with E-state index in [-0.39, 0.29) is 5.69 Å². The molecule has 13 heavy (non-hydrogen) atoms. The van der Waals surface area contributed by atoms with Crippen molar-refractivity contribution in [1.29, 1.82) is 0 Å². The number of aromatic amines is 1. The molecule has 0 aliphatic carbocycles. The Hall–Kier alpha value is -1.85. The smallest absolute Gasteiger partial charge is 0.270 e. The van der Waals surface area contributed by atoms with E-state index in [4.69, 9.17) is 7.85 Å². The van der Waals surface area contributed by atoms with Crippen molar-refractivity contribution in [2.45, 2.75) is 0 Å². The van der Waals surface area contributed by atoms with E-state index in [1.165, 1.54) is 12.1 Å². The molecule has 62 valence electrons. The summed E-state index contributed by atoms with van der Waals surface area (Å²) in [6.07, 6.45) is 0. The highest BCUT2D eigenvalue weighted by atomic mass is 16.6. The molecule has 0 spiro atoms. The number of hydrogen-bond acceptors (Lipinski definition) is 3. The Morgan fingerprint density at radius 1 is 1.54 bits per heavy atom. The predicted octanol–water partition coefficient (Wildman–Crippen LogP) is 0.265. The third-order valence-electron chi connectivity index (χ3n) is 1.78. The van der Waals surface area contributed by atoms with E-state index >= 15 is 0 Å². The summed E-state index contributed by atoms with van der Waals surface area (Å²) >= 11 is 0. The summed E-state index contributed by atoms with van der Waals surface area (Å²) in [5, 5.41) is 17.4. The predicted molar refractivity (Wildman–Crippen MR) is 48.1 cm³/mol. The lowest BCUT2D eigenvalue weighted by Gasteiger charge is -1.91. The molecule has 1 aromatic heterocycles.